The van der Waals surface area contributed by atoms with Crippen LogP contribution in [0.4, 0.5) is 0 Å². The standard InChI is InChI=1S/C13H20O3/c1-3-11-9(2)15-13(16-12(11)14)10-7-5-4-6-8-10/h3,9-10,13H,4-8H2,1-2H3/b11-3-/t9-,13-/m1/s1. The van der Waals surface area contributed by atoms with Crippen molar-refractivity contribution in [3.8, 4) is 0 Å². The summed E-state index contributed by atoms with van der Waals surface area (Å²) in [7, 11) is 0. The zero-order valence-corrected chi connectivity index (χ0v) is 10.1. The molecule has 0 aromatic carbocycles. The number of esters is 1. The molecule has 0 radical (unpaired) electrons. The fraction of sp³-hybridized carbons (Fsp3) is 0.769. The van der Waals surface area contributed by atoms with Crippen molar-refractivity contribution in [2.75, 3.05) is 0 Å². The lowest BCUT2D eigenvalue weighted by Gasteiger charge is -2.35. The largest absolute Gasteiger partial charge is 0.432 e. The van der Waals surface area contributed by atoms with Gasteiger partial charge in [-0.1, -0.05) is 25.3 Å². The van der Waals surface area contributed by atoms with Crippen LogP contribution in [0.5, 0.6) is 0 Å². The normalized spacial score (nSPS) is 35.1. The second kappa shape index (κ2) is 5.00. The van der Waals surface area contributed by atoms with Crippen LogP contribution >= 0.6 is 0 Å². The molecular weight excluding hydrogens is 204 g/mol. The van der Waals surface area contributed by atoms with E-state index in [1.54, 1.807) is 6.08 Å². The van der Waals surface area contributed by atoms with Gasteiger partial charge in [0, 0.05) is 5.92 Å². The van der Waals surface area contributed by atoms with Crippen molar-refractivity contribution >= 4 is 5.97 Å². The van der Waals surface area contributed by atoms with E-state index in [1.165, 1.54) is 19.3 Å². The van der Waals surface area contributed by atoms with Crippen LogP contribution in [0, 0.1) is 5.92 Å². The van der Waals surface area contributed by atoms with Crippen molar-refractivity contribution in [2.45, 2.75) is 58.3 Å². The molecule has 0 N–H and O–H groups in total. The minimum absolute atomic E-state index is 0.127. The Kier molecular flexibility index (Phi) is 3.64. The molecular formula is C13H20O3. The van der Waals surface area contributed by atoms with Gasteiger partial charge < -0.3 is 9.47 Å². The second-order valence-corrected chi connectivity index (χ2v) is 4.69. The van der Waals surface area contributed by atoms with Crippen LogP contribution in [0.15, 0.2) is 11.6 Å². The van der Waals surface area contributed by atoms with E-state index in [0.29, 0.717) is 11.5 Å². The van der Waals surface area contributed by atoms with Gasteiger partial charge in [0.25, 0.3) is 0 Å². The highest BCUT2D eigenvalue weighted by Crippen LogP contribution is 2.32. The van der Waals surface area contributed by atoms with Gasteiger partial charge in [0.1, 0.15) is 0 Å². The van der Waals surface area contributed by atoms with Gasteiger partial charge in [-0.15, -0.1) is 0 Å². The highest BCUT2D eigenvalue weighted by atomic mass is 16.7. The van der Waals surface area contributed by atoms with Crippen molar-refractivity contribution < 1.29 is 14.3 Å². The summed E-state index contributed by atoms with van der Waals surface area (Å²) < 4.78 is 11.2. The number of rotatable bonds is 1. The van der Waals surface area contributed by atoms with Gasteiger partial charge in [0.05, 0.1) is 11.7 Å². The molecule has 16 heavy (non-hydrogen) atoms. The van der Waals surface area contributed by atoms with Crippen LogP contribution in [-0.4, -0.2) is 18.4 Å². The van der Waals surface area contributed by atoms with E-state index in [4.69, 9.17) is 9.47 Å². The third kappa shape index (κ3) is 2.29. The monoisotopic (exact) mass is 224 g/mol. The lowest BCUT2D eigenvalue weighted by molar-refractivity contribution is -0.215. The van der Waals surface area contributed by atoms with Gasteiger partial charge in [-0.25, -0.2) is 4.79 Å². The van der Waals surface area contributed by atoms with Crippen molar-refractivity contribution in [1.82, 2.24) is 0 Å². The van der Waals surface area contributed by atoms with Gasteiger partial charge in [-0.05, 0) is 26.7 Å². The van der Waals surface area contributed by atoms with Crippen LogP contribution < -0.4 is 0 Å². The Morgan fingerprint density at radius 3 is 2.50 bits per heavy atom. The topological polar surface area (TPSA) is 35.5 Å². The maximum absolute atomic E-state index is 11.7. The summed E-state index contributed by atoms with van der Waals surface area (Å²) in [5.41, 5.74) is 0.645. The molecule has 1 heterocycles. The van der Waals surface area contributed by atoms with E-state index < -0.39 is 0 Å². The molecule has 1 saturated heterocycles. The van der Waals surface area contributed by atoms with Gasteiger partial charge in [0.2, 0.25) is 6.29 Å². The minimum Gasteiger partial charge on any atom is -0.432 e. The molecule has 1 aliphatic carbocycles. The van der Waals surface area contributed by atoms with E-state index in [1.807, 2.05) is 13.8 Å². The molecule has 90 valence electrons. The molecule has 0 bridgehead atoms. The van der Waals surface area contributed by atoms with E-state index in [2.05, 4.69) is 0 Å². The van der Waals surface area contributed by atoms with Crippen molar-refractivity contribution in [3.63, 3.8) is 0 Å². The molecule has 3 heteroatoms. The van der Waals surface area contributed by atoms with Crippen LogP contribution in [-0.2, 0) is 14.3 Å². The first-order chi connectivity index (χ1) is 7.72. The molecule has 1 saturated carbocycles. The molecule has 2 atom stereocenters. The predicted octanol–water partition coefficient (Wildman–Crippen LogP) is 2.80. The molecule has 0 aromatic rings. The summed E-state index contributed by atoms with van der Waals surface area (Å²) in [6, 6.07) is 0. The molecule has 0 unspecified atom stereocenters. The number of allylic oxidation sites excluding steroid dienone is 1. The van der Waals surface area contributed by atoms with E-state index >= 15 is 0 Å². The van der Waals surface area contributed by atoms with E-state index in [-0.39, 0.29) is 18.4 Å². The maximum Gasteiger partial charge on any atom is 0.338 e. The van der Waals surface area contributed by atoms with Crippen LogP contribution in [0.25, 0.3) is 0 Å². The van der Waals surface area contributed by atoms with E-state index in [0.717, 1.165) is 12.8 Å². The number of ether oxygens (including phenoxy) is 2. The summed E-state index contributed by atoms with van der Waals surface area (Å²) in [4.78, 5) is 11.7. The Balaban J connectivity index is 2.01. The van der Waals surface area contributed by atoms with Crippen molar-refractivity contribution in [3.05, 3.63) is 11.6 Å². The molecule has 0 spiro atoms. The Hall–Kier alpha value is -0.830. The average molecular weight is 224 g/mol. The molecule has 0 amide bonds. The summed E-state index contributed by atoms with van der Waals surface area (Å²) in [5, 5.41) is 0. The lowest BCUT2D eigenvalue weighted by atomic mass is 9.88. The Morgan fingerprint density at radius 2 is 1.94 bits per heavy atom. The molecule has 2 rings (SSSR count). The average Bonchev–Trinajstić information content (AvgIpc) is 2.30. The number of cyclic esters (lactones) is 1. The lowest BCUT2D eigenvalue weighted by Crippen LogP contribution is -2.41. The Labute approximate surface area is 96.8 Å². The van der Waals surface area contributed by atoms with Crippen molar-refractivity contribution in [2.24, 2.45) is 5.92 Å². The smallest absolute Gasteiger partial charge is 0.338 e. The molecule has 2 aliphatic rings. The fourth-order valence-electron chi connectivity index (χ4n) is 2.61. The first-order valence-corrected chi connectivity index (χ1v) is 6.25. The van der Waals surface area contributed by atoms with Gasteiger partial charge in [-0.2, -0.15) is 0 Å². The van der Waals surface area contributed by atoms with Crippen LogP contribution in [0.2, 0.25) is 0 Å². The molecule has 0 aromatic heterocycles. The minimum atomic E-state index is -0.313. The van der Waals surface area contributed by atoms with Crippen LogP contribution in [0.3, 0.4) is 0 Å². The predicted molar refractivity (Wildman–Crippen MR) is 60.8 cm³/mol. The summed E-state index contributed by atoms with van der Waals surface area (Å²) in [5.74, 6) is 0.204. The highest BCUT2D eigenvalue weighted by molar-refractivity contribution is 5.90. The van der Waals surface area contributed by atoms with Gasteiger partial charge in [-0.3, -0.25) is 0 Å². The summed E-state index contributed by atoms with van der Waals surface area (Å²) in [6.45, 7) is 3.77. The zero-order valence-electron chi connectivity index (χ0n) is 10.1. The third-order valence-electron chi connectivity index (χ3n) is 3.58. The first-order valence-electron chi connectivity index (χ1n) is 6.25. The van der Waals surface area contributed by atoms with Crippen LogP contribution in [0.1, 0.15) is 46.0 Å². The second-order valence-electron chi connectivity index (χ2n) is 4.69. The zero-order chi connectivity index (χ0) is 11.5. The van der Waals surface area contributed by atoms with Gasteiger partial charge >= 0.3 is 5.97 Å². The number of carbonyl (C=O) groups is 1. The first kappa shape index (κ1) is 11.6. The van der Waals surface area contributed by atoms with Gasteiger partial charge in [0.15, 0.2) is 0 Å². The molecule has 3 nitrogen and oxygen atoms in total. The van der Waals surface area contributed by atoms with E-state index in [9.17, 15) is 4.79 Å². The summed E-state index contributed by atoms with van der Waals surface area (Å²) >= 11 is 0. The quantitative estimate of drug-likeness (QED) is 0.507. The molecule has 2 fully saturated rings. The Morgan fingerprint density at radius 1 is 1.25 bits per heavy atom. The van der Waals surface area contributed by atoms with Crippen molar-refractivity contribution in [1.29, 1.82) is 0 Å². The third-order valence-corrected chi connectivity index (χ3v) is 3.58. The maximum atomic E-state index is 11.7. The number of hydrogen-bond acceptors (Lipinski definition) is 3. The molecule has 1 aliphatic heterocycles. The fourth-order valence-corrected chi connectivity index (χ4v) is 2.61. The highest BCUT2D eigenvalue weighted by Gasteiger charge is 2.36. The number of carbonyl (C=O) groups excluding carboxylic acids is 1. The number of hydrogen-bond donors (Lipinski definition) is 0. The Bertz CT molecular complexity index is 290. The SMILES string of the molecule is C/C=C1\C(=O)O[C@H](C2CCCCC2)O[C@@H]1C. The summed E-state index contributed by atoms with van der Waals surface area (Å²) in [6.07, 6.45) is 7.34.